The van der Waals surface area contributed by atoms with E-state index in [1.165, 1.54) is 0 Å². The van der Waals surface area contributed by atoms with Gasteiger partial charge in [-0.15, -0.1) is 0 Å². The Balaban J connectivity index is 2.24. The molecule has 1 aliphatic rings. The number of carbonyl (C=O) groups excluding carboxylic acids is 1. The Labute approximate surface area is 98.6 Å². The average Bonchev–Trinajstić information content (AvgIpc) is 2.63. The molecule has 0 aromatic carbocycles. The van der Waals surface area contributed by atoms with Crippen LogP contribution in [0.3, 0.4) is 0 Å². The molecule has 0 aromatic heterocycles. The third-order valence-electron chi connectivity index (χ3n) is 3.43. The zero-order chi connectivity index (χ0) is 12.2. The van der Waals surface area contributed by atoms with Gasteiger partial charge in [0.25, 0.3) is 0 Å². The second-order valence-corrected chi connectivity index (χ2v) is 5.44. The van der Waals surface area contributed by atoms with Crippen molar-refractivity contribution in [3.63, 3.8) is 0 Å². The minimum absolute atomic E-state index is 0.0818. The van der Waals surface area contributed by atoms with Gasteiger partial charge in [0.15, 0.2) is 0 Å². The average molecular weight is 227 g/mol. The summed E-state index contributed by atoms with van der Waals surface area (Å²) in [6.07, 6.45) is 1.08. The zero-order valence-electron chi connectivity index (χ0n) is 10.9. The van der Waals surface area contributed by atoms with Crippen LogP contribution in [0.25, 0.3) is 0 Å². The molecule has 1 heterocycles. The number of carbonyl (C=O) groups is 1. The summed E-state index contributed by atoms with van der Waals surface area (Å²) in [4.78, 5) is 11.7. The van der Waals surface area contributed by atoms with E-state index >= 15 is 0 Å². The molecule has 4 nitrogen and oxygen atoms in total. The van der Waals surface area contributed by atoms with Crippen LogP contribution in [-0.2, 0) is 4.79 Å². The molecule has 1 saturated heterocycles. The first kappa shape index (κ1) is 13.5. The predicted molar refractivity (Wildman–Crippen MR) is 66.3 cm³/mol. The molecule has 0 bridgehead atoms. The maximum Gasteiger partial charge on any atom is 0.234 e. The van der Waals surface area contributed by atoms with E-state index in [0.717, 1.165) is 19.5 Å². The van der Waals surface area contributed by atoms with Crippen molar-refractivity contribution in [3.05, 3.63) is 0 Å². The van der Waals surface area contributed by atoms with Gasteiger partial charge in [0, 0.05) is 18.1 Å². The van der Waals surface area contributed by atoms with Gasteiger partial charge in [-0.05, 0) is 32.7 Å². The van der Waals surface area contributed by atoms with E-state index < -0.39 is 0 Å². The van der Waals surface area contributed by atoms with Crippen LogP contribution in [0.4, 0.5) is 0 Å². The Bertz CT molecular complexity index is 234. The van der Waals surface area contributed by atoms with Crippen molar-refractivity contribution >= 4 is 5.91 Å². The van der Waals surface area contributed by atoms with Gasteiger partial charge >= 0.3 is 0 Å². The Hall–Kier alpha value is -0.610. The van der Waals surface area contributed by atoms with Crippen molar-refractivity contribution in [1.29, 1.82) is 0 Å². The predicted octanol–water partition coefficient (Wildman–Crippen LogP) is 0.489. The monoisotopic (exact) mass is 227 g/mol. The molecule has 0 radical (unpaired) electrons. The standard InChI is InChI=1S/C12H25N3O/c1-9(2)10(3)15-11(16)7-14-12(4)5-6-13-8-12/h9-10,13-14H,5-8H2,1-4H3,(H,15,16). The first-order valence-electron chi connectivity index (χ1n) is 6.18. The molecule has 0 aromatic rings. The lowest BCUT2D eigenvalue weighted by Gasteiger charge is -2.25. The highest BCUT2D eigenvalue weighted by molar-refractivity contribution is 5.78. The van der Waals surface area contributed by atoms with Gasteiger partial charge in [0.1, 0.15) is 0 Å². The van der Waals surface area contributed by atoms with Crippen molar-refractivity contribution in [2.45, 2.75) is 45.7 Å². The summed E-state index contributed by atoms with van der Waals surface area (Å²) in [5.74, 6) is 0.571. The minimum atomic E-state index is 0.0818. The van der Waals surface area contributed by atoms with Gasteiger partial charge in [-0.1, -0.05) is 13.8 Å². The van der Waals surface area contributed by atoms with Crippen molar-refractivity contribution in [2.75, 3.05) is 19.6 Å². The summed E-state index contributed by atoms with van der Waals surface area (Å²) in [6, 6.07) is 0.240. The van der Waals surface area contributed by atoms with Crippen LogP contribution in [0.2, 0.25) is 0 Å². The molecule has 0 aliphatic carbocycles. The van der Waals surface area contributed by atoms with Crippen molar-refractivity contribution in [1.82, 2.24) is 16.0 Å². The largest absolute Gasteiger partial charge is 0.352 e. The van der Waals surface area contributed by atoms with E-state index in [1.807, 2.05) is 6.92 Å². The molecular formula is C12H25N3O. The van der Waals surface area contributed by atoms with Gasteiger partial charge in [0.05, 0.1) is 6.54 Å². The topological polar surface area (TPSA) is 53.2 Å². The highest BCUT2D eigenvalue weighted by Gasteiger charge is 2.28. The van der Waals surface area contributed by atoms with E-state index in [-0.39, 0.29) is 17.5 Å². The Morgan fingerprint density at radius 3 is 2.62 bits per heavy atom. The van der Waals surface area contributed by atoms with E-state index in [1.54, 1.807) is 0 Å². The Morgan fingerprint density at radius 2 is 2.12 bits per heavy atom. The van der Waals surface area contributed by atoms with Gasteiger partial charge in [0.2, 0.25) is 5.91 Å². The zero-order valence-corrected chi connectivity index (χ0v) is 10.9. The molecule has 16 heavy (non-hydrogen) atoms. The van der Waals surface area contributed by atoms with Gasteiger partial charge in [-0.2, -0.15) is 0 Å². The quantitative estimate of drug-likeness (QED) is 0.641. The molecule has 4 heteroatoms. The summed E-state index contributed by atoms with van der Waals surface area (Å²) in [5, 5.41) is 9.63. The summed E-state index contributed by atoms with van der Waals surface area (Å²) >= 11 is 0. The lowest BCUT2D eigenvalue weighted by atomic mass is 10.0. The van der Waals surface area contributed by atoms with Crippen LogP contribution in [0, 0.1) is 5.92 Å². The molecule has 94 valence electrons. The number of amides is 1. The molecular weight excluding hydrogens is 202 g/mol. The molecule has 3 N–H and O–H groups in total. The smallest absolute Gasteiger partial charge is 0.234 e. The molecule has 1 amide bonds. The summed E-state index contributed by atoms with van der Waals surface area (Å²) in [5.41, 5.74) is 0.0818. The number of nitrogens with one attached hydrogen (secondary N) is 3. The van der Waals surface area contributed by atoms with Crippen LogP contribution < -0.4 is 16.0 Å². The maximum atomic E-state index is 11.7. The summed E-state index contributed by atoms with van der Waals surface area (Å²) < 4.78 is 0. The van der Waals surface area contributed by atoms with Crippen LogP contribution in [0.1, 0.15) is 34.1 Å². The van der Waals surface area contributed by atoms with Crippen molar-refractivity contribution < 1.29 is 4.79 Å². The van der Waals surface area contributed by atoms with Crippen LogP contribution in [-0.4, -0.2) is 37.1 Å². The second-order valence-electron chi connectivity index (χ2n) is 5.44. The highest BCUT2D eigenvalue weighted by atomic mass is 16.2. The third kappa shape index (κ3) is 4.10. The lowest BCUT2D eigenvalue weighted by molar-refractivity contribution is -0.121. The first-order chi connectivity index (χ1) is 7.43. The fourth-order valence-electron chi connectivity index (χ4n) is 1.73. The normalized spacial score (nSPS) is 27.1. The Morgan fingerprint density at radius 1 is 1.44 bits per heavy atom. The van der Waals surface area contributed by atoms with Crippen LogP contribution in [0.15, 0.2) is 0 Å². The lowest BCUT2D eigenvalue weighted by Crippen LogP contribution is -2.50. The second kappa shape index (κ2) is 5.64. The van der Waals surface area contributed by atoms with E-state index in [2.05, 4.69) is 36.7 Å². The fraction of sp³-hybridized carbons (Fsp3) is 0.917. The van der Waals surface area contributed by atoms with Crippen molar-refractivity contribution in [3.8, 4) is 0 Å². The van der Waals surface area contributed by atoms with E-state index in [4.69, 9.17) is 0 Å². The van der Waals surface area contributed by atoms with Gasteiger partial charge in [-0.25, -0.2) is 0 Å². The molecule has 0 saturated carbocycles. The molecule has 2 atom stereocenters. The highest BCUT2D eigenvalue weighted by Crippen LogP contribution is 2.12. The molecule has 1 fully saturated rings. The molecule has 2 unspecified atom stereocenters. The molecule has 0 spiro atoms. The summed E-state index contributed by atoms with van der Waals surface area (Å²) in [7, 11) is 0. The number of rotatable bonds is 5. The summed E-state index contributed by atoms with van der Waals surface area (Å²) in [6.45, 7) is 10.8. The van der Waals surface area contributed by atoms with Crippen LogP contribution in [0.5, 0.6) is 0 Å². The van der Waals surface area contributed by atoms with E-state index in [9.17, 15) is 4.79 Å². The van der Waals surface area contributed by atoms with Crippen LogP contribution >= 0.6 is 0 Å². The van der Waals surface area contributed by atoms with Gasteiger partial charge in [-0.3, -0.25) is 4.79 Å². The molecule has 1 aliphatic heterocycles. The SMILES string of the molecule is CC(C)C(C)NC(=O)CNC1(C)CCNC1. The number of hydrogen-bond donors (Lipinski definition) is 3. The maximum absolute atomic E-state index is 11.7. The minimum Gasteiger partial charge on any atom is -0.352 e. The first-order valence-corrected chi connectivity index (χ1v) is 6.18. The third-order valence-corrected chi connectivity index (χ3v) is 3.43. The molecule has 1 rings (SSSR count). The Kier molecular flexibility index (Phi) is 4.74. The van der Waals surface area contributed by atoms with Gasteiger partial charge < -0.3 is 16.0 Å². The van der Waals surface area contributed by atoms with E-state index in [0.29, 0.717) is 12.5 Å². The number of hydrogen-bond acceptors (Lipinski definition) is 3. The van der Waals surface area contributed by atoms with Crippen molar-refractivity contribution in [2.24, 2.45) is 5.92 Å². The fourth-order valence-corrected chi connectivity index (χ4v) is 1.73.